The number of fused-ring (bicyclic) bond motifs is 2. The summed E-state index contributed by atoms with van der Waals surface area (Å²) in [5, 5.41) is 4.72. The van der Waals surface area contributed by atoms with Crippen LogP contribution < -0.4 is 5.73 Å². The van der Waals surface area contributed by atoms with Crippen LogP contribution in [0.1, 0.15) is 31.1 Å². The number of hydrogen-bond acceptors (Lipinski definition) is 4. The highest BCUT2D eigenvalue weighted by Crippen LogP contribution is 2.51. The summed E-state index contributed by atoms with van der Waals surface area (Å²) in [4.78, 5) is 4.55. The smallest absolute Gasteiger partial charge is 0.231 e. The van der Waals surface area contributed by atoms with Gasteiger partial charge >= 0.3 is 0 Å². The quantitative estimate of drug-likeness (QED) is 0.922. The average molecular weight is 290 g/mol. The van der Waals surface area contributed by atoms with Crippen LogP contribution in [-0.4, -0.2) is 16.2 Å². The van der Waals surface area contributed by atoms with Crippen molar-refractivity contribution in [1.82, 2.24) is 10.1 Å². The summed E-state index contributed by atoms with van der Waals surface area (Å²) in [5.41, 5.74) is 7.13. The summed E-state index contributed by atoms with van der Waals surface area (Å²) in [5.74, 6) is 2.69. The van der Waals surface area contributed by atoms with E-state index in [1.807, 2.05) is 24.3 Å². The molecule has 2 bridgehead atoms. The Hall–Kier alpha value is -1.39. The lowest BCUT2D eigenvalue weighted by atomic mass is 9.85. The minimum Gasteiger partial charge on any atom is -0.339 e. The van der Waals surface area contributed by atoms with Crippen molar-refractivity contribution < 1.29 is 4.52 Å². The second-order valence-corrected chi connectivity index (χ2v) is 6.28. The summed E-state index contributed by atoms with van der Waals surface area (Å²) in [6, 6.07) is 7.70. The van der Waals surface area contributed by atoms with Crippen molar-refractivity contribution in [3.8, 4) is 11.4 Å². The highest BCUT2D eigenvalue weighted by molar-refractivity contribution is 6.33. The van der Waals surface area contributed by atoms with Crippen LogP contribution in [0.5, 0.6) is 0 Å². The first-order chi connectivity index (χ1) is 9.74. The molecular formula is C15H16ClN3O. The van der Waals surface area contributed by atoms with Gasteiger partial charge in [0.2, 0.25) is 11.7 Å². The van der Waals surface area contributed by atoms with Crippen LogP contribution in [0.3, 0.4) is 0 Å². The van der Waals surface area contributed by atoms with Crippen LogP contribution in [0.25, 0.3) is 11.4 Å². The van der Waals surface area contributed by atoms with Crippen molar-refractivity contribution >= 4 is 11.6 Å². The SMILES string of the molecule is NC1C2CCC(C2)C1c1nc(-c2ccccc2Cl)no1. The van der Waals surface area contributed by atoms with Crippen LogP contribution in [0.2, 0.25) is 5.02 Å². The molecule has 5 heteroatoms. The predicted molar refractivity (Wildman–Crippen MR) is 76.3 cm³/mol. The fourth-order valence-corrected chi connectivity index (χ4v) is 4.05. The van der Waals surface area contributed by atoms with Crippen molar-refractivity contribution in [3.05, 3.63) is 35.2 Å². The monoisotopic (exact) mass is 289 g/mol. The third-order valence-electron chi connectivity index (χ3n) is 4.82. The Morgan fingerprint density at radius 2 is 2.00 bits per heavy atom. The molecule has 104 valence electrons. The molecule has 4 unspecified atom stereocenters. The Balaban J connectivity index is 1.68. The number of hydrogen-bond donors (Lipinski definition) is 1. The second kappa shape index (κ2) is 4.57. The molecule has 2 aliphatic carbocycles. The number of benzene rings is 1. The van der Waals surface area contributed by atoms with E-state index in [-0.39, 0.29) is 12.0 Å². The van der Waals surface area contributed by atoms with Crippen molar-refractivity contribution in [3.63, 3.8) is 0 Å². The van der Waals surface area contributed by atoms with Gasteiger partial charge in [-0.1, -0.05) is 28.9 Å². The Bertz CT molecular complexity index is 640. The van der Waals surface area contributed by atoms with E-state index < -0.39 is 0 Å². The number of rotatable bonds is 2. The van der Waals surface area contributed by atoms with Crippen molar-refractivity contribution in [2.24, 2.45) is 17.6 Å². The minimum atomic E-state index is 0.160. The maximum Gasteiger partial charge on any atom is 0.231 e. The molecule has 2 fully saturated rings. The molecule has 4 rings (SSSR count). The third-order valence-corrected chi connectivity index (χ3v) is 5.15. The molecule has 4 nitrogen and oxygen atoms in total. The van der Waals surface area contributed by atoms with Crippen molar-refractivity contribution in [2.75, 3.05) is 0 Å². The maximum absolute atomic E-state index is 6.32. The Kier molecular flexibility index (Phi) is 2.82. The predicted octanol–water partition coefficient (Wildman–Crippen LogP) is 3.23. The topological polar surface area (TPSA) is 64.9 Å². The first-order valence-electron chi connectivity index (χ1n) is 7.08. The van der Waals surface area contributed by atoms with Gasteiger partial charge in [0, 0.05) is 11.6 Å². The lowest BCUT2D eigenvalue weighted by molar-refractivity contribution is 0.279. The van der Waals surface area contributed by atoms with E-state index in [1.54, 1.807) is 0 Å². The van der Waals surface area contributed by atoms with Crippen LogP contribution in [0.15, 0.2) is 28.8 Å². The van der Waals surface area contributed by atoms with Crippen LogP contribution in [0.4, 0.5) is 0 Å². The highest BCUT2D eigenvalue weighted by atomic mass is 35.5. The molecule has 4 atom stereocenters. The molecule has 20 heavy (non-hydrogen) atoms. The molecule has 2 aliphatic rings. The summed E-state index contributed by atoms with van der Waals surface area (Å²) in [6.45, 7) is 0. The van der Waals surface area contributed by atoms with Gasteiger partial charge in [-0.2, -0.15) is 4.98 Å². The van der Waals surface area contributed by atoms with Crippen LogP contribution >= 0.6 is 11.6 Å². The molecule has 2 N–H and O–H groups in total. The van der Waals surface area contributed by atoms with E-state index in [2.05, 4.69) is 10.1 Å². The van der Waals surface area contributed by atoms with Crippen molar-refractivity contribution in [2.45, 2.75) is 31.2 Å². The summed E-state index contributed by atoms with van der Waals surface area (Å²) in [7, 11) is 0. The highest BCUT2D eigenvalue weighted by Gasteiger charge is 2.48. The standard InChI is InChI=1S/C15H16ClN3O/c16-11-4-2-1-3-10(11)14-18-15(20-19-14)12-8-5-6-9(7-8)13(12)17/h1-4,8-9,12-13H,5-7,17H2. The molecule has 2 saturated carbocycles. The molecule has 2 aromatic rings. The molecule has 0 amide bonds. The second-order valence-electron chi connectivity index (χ2n) is 5.87. The lowest BCUT2D eigenvalue weighted by Crippen LogP contribution is -2.34. The largest absolute Gasteiger partial charge is 0.339 e. The number of nitrogens with two attached hydrogens (primary N) is 1. The molecule has 0 saturated heterocycles. The summed E-state index contributed by atoms with van der Waals surface area (Å²) in [6.07, 6.45) is 3.68. The Morgan fingerprint density at radius 1 is 1.20 bits per heavy atom. The van der Waals surface area contributed by atoms with E-state index in [0.717, 1.165) is 5.56 Å². The zero-order valence-corrected chi connectivity index (χ0v) is 11.8. The van der Waals surface area contributed by atoms with Crippen molar-refractivity contribution in [1.29, 1.82) is 0 Å². The van der Waals surface area contributed by atoms with E-state index in [4.69, 9.17) is 21.9 Å². The fraction of sp³-hybridized carbons (Fsp3) is 0.467. The minimum absolute atomic E-state index is 0.160. The van der Waals surface area contributed by atoms with Crippen LogP contribution in [0, 0.1) is 11.8 Å². The molecule has 0 radical (unpaired) electrons. The van der Waals surface area contributed by atoms with Gasteiger partial charge < -0.3 is 10.3 Å². The van der Waals surface area contributed by atoms with Crippen LogP contribution in [-0.2, 0) is 0 Å². The van der Waals surface area contributed by atoms with Gasteiger partial charge in [-0.3, -0.25) is 0 Å². The zero-order chi connectivity index (χ0) is 13.7. The lowest BCUT2D eigenvalue weighted by Gasteiger charge is -2.24. The summed E-state index contributed by atoms with van der Waals surface area (Å²) >= 11 is 6.17. The van der Waals surface area contributed by atoms with Gasteiger partial charge in [0.15, 0.2) is 0 Å². The van der Waals surface area contributed by atoms with Gasteiger partial charge in [0.05, 0.1) is 10.9 Å². The maximum atomic E-state index is 6.32. The average Bonchev–Trinajstić information content (AvgIpc) is 3.14. The molecule has 1 aromatic heterocycles. The van der Waals surface area contributed by atoms with Gasteiger partial charge in [0.1, 0.15) is 0 Å². The molecule has 1 heterocycles. The first kappa shape index (κ1) is 12.4. The summed E-state index contributed by atoms with van der Waals surface area (Å²) < 4.78 is 5.48. The third kappa shape index (κ3) is 1.79. The number of aromatic nitrogens is 2. The van der Waals surface area contributed by atoms with E-state index >= 15 is 0 Å². The van der Waals surface area contributed by atoms with E-state index in [9.17, 15) is 0 Å². The van der Waals surface area contributed by atoms with Gasteiger partial charge in [-0.05, 0) is 43.2 Å². The molecule has 0 aliphatic heterocycles. The zero-order valence-electron chi connectivity index (χ0n) is 11.0. The van der Waals surface area contributed by atoms with E-state index in [1.165, 1.54) is 19.3 Å². The van der Waals surface area contributed by atoms with Gasteiger partial charge in [-0.15, -0.1) is 0 Å². The van der Waals surface area contributed by atoms with Gasteiger partial charge in [0.25, 0.3) is 0 Å². The first-order valence-corrected chi connectivity index (χ1v) is 7.46. The normalized spacial score (nSPS) is 31.9. The number of halogens is 1. The Labute approximate surface area is 122 Å². The molecule has 1 aromatic carbocycles. The number of nitrogens with zero attached hydrogens (tertiary/aromatic N) is 2. The Morgan fingerprint density at radius 3 is 2.75 bits per heavy atom. The van der Waals surface area contributed by atoms with Gasteiger partial charge in [-0.25, -0.2) is 0 Å². The fourth-order valence-electron chi connectivity index (χ4n) is 3.82. The molecule has 0 spiro atoms. The molecular weight excluding hydrogens is 274 g/mol. The van der Waals surface area contributed by atoms with E-state index in [0.29, 0.717) is 28.6 Å².